The molecule has 1 amide bonds. The number of ether oxygens (including phenoxy) is 1. The molecular weight excluding hydrogens is 400 g/mol. The van der Waals surface area contributed by atoms with Crippen LogP contribution < -0.4 is 15.4 Å². The van der Waals surface area contributed by atoms with Crippen LogP contribution in [0.15, 0.2) is 41.7 Å². The van der Waals surface area contributed by atoms with Crippen LogP contribution in [0.5, 0.6) is 5.75 Å². The third kappa shape index (κ3) is 5.63. The van der Waals surface area contributed by atoms with Gasteiger partial charge in [-0.1, -0.05) is 36.9 Å². The number of carbonyl (C=O) groups is 1. The first kappa shape index (κ1) is 21.9. The lowest BCUT2D eigenvalue weighted by Crippen LogP contribution is -2.38. The number of hydrogen-bond donors (Lipinski definition) is 2. The summed E-state index contributed by atoms with van der Waals surface area (Å²) in [7, 11) is 0. The Bertz CT molecular complexity index is 976. The van der Waals surface area contributed by atoms with Gasteiger partial charge in [0.25, 0.3) is 5.91 Å². The number of thioether (sulfide) groups is 1. The quantitative estimate of drug-likeness (QED) is 0.378. The average Bonchev–Trinajstić information content (AvgIpc) is 3.12. The highest BCUT2D eigenvalue weighted by atomic mass is 32.2. The van der Waals surface area contributed by atoms with Crippen molar-refractivity contribution in [3.8, 4) is 5.75 Å². The summed E-state index contributed by atoms with van der Waals surface area (Å²) in [6.45, 7) is 8.86. The third-order valence-corrected chi connectivity index (χ3v) is 4.95. The molecule has 3 rings (SSSR count). The number of amides is 1. The van der Waals surface area contributed by atoms with Crippen LogP contribution in [-0.2, 0) is 11.3 Å². The molecule has 0 spiro atoms. The van der Waals surface area contributed by atoms with Crippen LogP contribution in [0.3, 0.4) is 0 Å². The second kappa shape index (κ2) is 10.3. The summed E-state index contributed by atoms with van der Waals surface area (Å²) in [4.78, 5) is 21.6. The van der Waals surface area contributed by atoms with Crippen LogP contribution in [0.1, 0.15) is 27.7 Å². The Kier molecular flexibility index (Phi) is 7.51. The molecule has 0 radical (unpaired) electrons. The van der Waals surface area contributed by atoms with Crippen LogP contribution in [0.2, 0.25) is 0 Å². The molecule has 0 aliphatic heterocycles. The molecule has 0 bridgehead atoms. The fraction of sp³-hybridized carbons (Fsp3) is 0.429. The normalized spacial score (nSPS) is 12.2. The fourth-order valence-electron chi connectivity index (χ4n) is 2.86. The summed E-state index contributed by atoms with van der Waals surface area (Å²) in [6.07, 6.45) is 1.18. The summed E-state index contributed by atoms with van der Waals surface area (Å²) in [5.41, 5.74) is 0.756. The number of nitrogens with one attached hydrogen (secondary N) is 2. The Hall–Kier alpha value is -2.81. The molecule has 2 heterocycles. The summed E-state index contributed by atoms with van der Waals surface area (Å²) in [5, 5.41) is 12.3. The predicted molar refractivity (Wildman–Crippen MR) is 120 cm³/mol. The molecule has 30 heavy (non-hydrogen) atoms. The van der Waals surface area contributed by atoms with Crippen LogP contribution >= 0.6 is 11.8 Å². The molecule has 160 valence electrons. The van der Waals surface area contributed by atoms with E-state index in [1.165, 1.54) is 0 Å². The van der Waals surface area contributed by atoms with Crippen LogP contribution in [0, 0.1) is 0 Å². The van der Waals surface area contributed by atoms with Gasteiger partial charge in [0.05, 0.1) is 18.1 Å². The minimum absolute atomic E-state index is 0.172. The van der Waals surface area contributed by atoms with E-state index in [1.807, 2.05) is 30.3 Å². The van der Waals surface area contributed by atoms with E-state index >= 15 is 0 Å². The number of fused-ring (bicyclic) bond motifs is 1. The van der Waals surface area contributed by atoms with Gasteiger partial charge in [-0.05, 0) is 38.7 Å². The maximum Gasteiger partial charge on any atom is 0.260 e. The zero-order chi connectivity index (χ0) is 21.5. The van der Waals surface area contributed by atoms with E-state index in [2.05, 4.69) is 46.5 Å². The van der Waals surface area contributed by atoms with Gasteiger partial charge in [-0.3, -0.25) is 4.79 Å². The van der Waals surface area contributed by atoms with E-state index in [4.69, 9.17) is 4.74 Å². The van der Waals surface area contributed by atoms with Crippen molar-refractivity contribution in [1.82, 2.24) is 25.1 Å². The number of rotatable bonds is 10. The third-order valence-electron chi connectivity index (χ3n) is 4.22. The van der Waals surface area contributed by atoms with Gasteiger partial charge < -0.3 is 15.4 Å². The van der Waals surface area contributed by atoms with E-state index in [0.717, 1.165) is 22.6 Å². The van der Waals surface area contributed by atoms with Crippen molar-refractivity contribution >= 4 is 34.5 Å². The molecule has 8 nitrogen and oxygen atoms in total. The lowest BCUT2D eigenvalue weighted by atomic mass is 10.3. The number of hydrogen-bond acceptors (Lipinski definition) is 7. The van der Waals surface area contributed by atoms with Gasteiger partial charge in [0.1, 0.15) is 11.6 Å². The van der Waals surface area contributed by atoms with Crippen molar-refractivity contribution in [2.75, 3.05) is 17.6 Å². The largest absolute Gasteiger partial charge is 0.481 e. The second-order valence-electron chi connectivity index (χ2n) is 7.06. The average molecular weight is 429 g/mol. The van der Waals surface area contributed by atoms with E-state index < -0.39 is 6.10 Å². The Balaban J connectivity index is 1.65. The van der Waals surface area contributed by atoms with Gasteiger partial charge in [0.15, 0.2) is 16.9 Å². The van der Waals surface area contributed by atoms with Crippen molar-refractivity contribution in [2.45, 2.75) is 51.5 Å². The van der Waals surface area contributed by atoms with Gasteiger partial charge in [-0.2, -0.15) is 5.10 Å². The lowest BCUT2D eigenvalue weighted by molar-refractivity contribution is -0.127. The monoisotopic (exact) mass is 428 g/mol. The first-order chi connectivity index (χ1) is 14.5. The molecule has 2 N–H and O–H groups in total. The first-order valence-corrected chi connectivity index (χ1v) is 11.1. The molecule has 1 aromatic carbocycles. The maximum atomic E-state index is 12.3. The number of para-hydroxylation sites is 1. The van der Waals surface area contributed by atoms with Gasteiger partial charge in [-0.15, -0.1) is 0 Å². The predicted octanol–water partition coefficient (Wildman–Crippen LogP) is 3.34. The van der Waals surface area contributed by atoms with Gasteiger partial charge in [0.2, 0.25) is 0 Å². The van der Waals surface area contributed by atoms with Gasteiger partial charge in [0, 0.05) is 12.6 Å². The smallest absolute Gasteiger partial charge is 0.260 e. The van der Waals surface area contributed by atoms with Crippen molar-refractivity contribution < 1.29 is 9.53 Å². The number of aromatic nitrogens is 4. The Morgan fingerprint density at radius 1 is 1.20 bits per heavy atom. The summed E-state index contributed by atoms with van der Waals surface area (Å²) < 4.78 is 7.46. The van der Waals surface area contributed by atoms with Crippen LogP contribution in [-0.4, -0.2) is 50.1 Å². The molecular formula is C21H28N6O2S. The molecule has 3 aromatic rings. The number of nitrogens with zero attached hydrogens (tertiary/aromatic N) is 4. The van der Waals surface area contributed by atoms with Crippen molar-refractivity contribution in [3.05, 3.63) is 36.5 Å². The molecule has 1 unspecified atom stereocenters. The molecule has 2 aromatic heterocycles. The molecule has 0 saturated heterocycles. The number of carbonyl (C=O) groups excluding carboxylic acids is 1. The topological polar surface area (TPSA) is 94.0 Å². The number of anilines is 1. The van der Waals surface area contributed by atoms with Gasteiger partial charge in [-0.25, -0.2) is 14.6 Å². The van der Waals surface area contributed by atoms with Crippen molar-refractivity contribution in [2.24, 2.45) is 0 Å². The van der Waals surface area contributed by atoms with E-state index in [0.29, 0.717) is 24.0 Å². The fourth-order valence-corrected chi connectivity index (χ4v) is 3.43. The maximum absolute atomic E-state index is 12.3. The van der Waals surface area contributed by atoms with E-state index in [-0.39, 0.29) is 11.9 Å². The van der Waals surface area contributed by atoms with E-state index in [1.54, 1.807) is 29.6 Å². The standard InChI is InChI=1S/C21H28N6O2S/c1-5-30-21-25-18(24-14(2)3)17-13-23-27(19(17)26-21)12-11-22-20(28)15(4)29-16-9-7-6-8-10-16/h6-10,13-15H,5,11-12H2,1-4H3,(H,22,28)(H,24,25,26). The molecule has 0 aliphatic carbocycles. The number of benzene rings is 1. The lowest BCUT2D eigenvalue weighted by Gasteiger charge is -2.15. The molecule has 1 atom stereocenters. The van der Waals surface area contributed by atoms with Crippen LogP contribution in [0.25, 0.3) is 11.0 Å². The van der Waals surface area contributed by atoms with E-state index in [9.17, 15) is 4.79 Å². The highest BCUT2D eigenvalue weighted by Gasteiger charge is 2.16. The molecule has 0 saturated carbocycles. The Labute approximate surface area is 180 Å². The van der Waals surface area contributed by atoms with Crippen molar-refractivity contribution in [1.29, 1.82) is 0 Å². The first-order valence-electron chi connectivity index (χ1n) is 10.1. The zero-order valence-electron chi connectivity index (χ0n) is 17.8. The summed E-state index contributed by atoms with van der Waals surface area (Å²) in [6, 6.07) is 9.55. The summed E-state index contributed by atoms with van der Waals surface area (Å²) >= 11 is 1.59. The Morgan fingerprint density at radius 2 is 1.97 bits per heavy atom. The highest BCUT2D eigenvalue weighted by Crippen LogP contribution is 2.24. The molecule has 9 heteroatoms. The molecule has 0 aliphatic rings. The minimum Gasteiger partial charge on any atom is -0.481 e. The SMILES string of the molecule is CCSc1nc(NC(C)C)c2cnn(CCNC(=O)C(C)Oc3ccccc3)c2n1. The van der Waals surface area contributed by atoms with Gasteiger partial charge >= 0.3 is 0 Å². The highest BCUT2D eigenvalue weighted by molar-refractivity contribution is 7.99. The minimum atomic E-state index is -0.585. The zero-order valence-corrected chi connectivity index (χ0v) is 18.6. The Morgan fingerprint density at radius 3 is 2.67 bits per heavy atom. The van der Waals surface area contributed by atoms with Crippen LogP contribution in [0.4, 0.5) is 5.82 Å². The summed E-state index contributed by atoms with van der Waals surface area (Å²) in [5.74, 6) is 2.16. The van der Waals surface area contributed by atoms with Crippen molar-refractivity contribution in [3.63, 3.8) is 0 Å². The molecule has 0 fully saturated rings. The second-order valence-corrected chi connectivity index (χ2v) is 8.29.